The van der Waals surface area contributed by atoms with E-state index >= 15 is 0 Å². The predicted octanol–water partition coefficient (Wildman–Crippen LogP) is 4.72. The van der Waals surface area contributed by atoms with Crippen molar-refractivity contribution in [2.75, 3.05) is 6.61 Å². The molecule has 6 nitrogen and oxygen atoms in total. The highest BCUT2D eigenvalue weighted by atomic mass is 32.1. The topological polar surface area (TPSA) is 110 Å². The molecule has 0 saturated carbocycles. The van der Waals surface area contributed by atoms with Gasteiger partial charge in [0.1, 0.15) is 0 Å². The Morgan fingerprint density at radius 1 is 1.13 bits per heavy atom. The summed E-state index contributed by atoms with van der Waals surface area (Å²) >= 11 is 1.46. The second kappa shape index (κ2) is 10.8. The molecule has 0 fully saturated rings. The second-order valence-corrected chi connectivity index (χ2v) is 10.6. The fourth-order valence-electron chi connectivity index (χ4n) is 3.07. The second-order valence-electron chi connectivity index (χ2n) is 8.23. The first-order valence-corrected chi connectivity index (χ1v) is 12.5. The van der Waals surface area contributed by atoms with Crippen LogP contribution in [0.5, 0.6) is 0 Å². The Balaban J connectivity index is 1.74. The van der Waals surface area contributed by atoms with E-state index in [9.17, 15) is 9.36 Å². The van der Waals surface area contributed by atoms with Crippen LogP contribution in [0, 0.1) is 13.8 Å². The van der Waals surface area contributed by atoms with Gasteiger partial charge in [0.2, 0.25) is 0 Å². The van der Waals surface area contributed by atoms with Crippen molar-refractivity contribution in [3.8, 4) is 0 Å². The lowest BCUT2D eigenvalue weighted by Gasteiger charge is -2.24. The lowest BCUT2D eigenvalue weighted by Crippen LogP contribution is -2.41. The van der Waals surface area contributed by atoms with E-state index in [0.29, 0.717) is 19.3 Å². The monoisotopic (exact) mass is 453 g/mol. The SMILES string of the molecule is Cc1ccc(CCCCC(=O)c2ccc(CCC(C)(N)COP(=O)(O)O)s2)cc1C. The Hall–Kier alpha value is -1.34. The number of nitrogens with two attached hydrogens (primary N) is 1. The molecule has 0 bridgehead atoms. The number of benzene rings is 1. The van der Waals surface area contributed by atoms with Crippen LogP contribution in [0.3, 0.4) is 0 Å². The number of unbranched alkanes of at least 4 members (excludes halogenated alkanes) is 1. The molecule has 0 saturated heterocycles. The van der Waals surface area contributed by atoms with E-state index in [1.807, 2.05) is 12.1 Å². The molecule has 1 heterocycles. The molecule has 0 spiro atoms. The van der Waals surface area contributed by atoms with Gasteiger partial charge in [0.15, 0.2) is 5.78 Å². The Labute approximate surface area is 182 Å². The molecule has 30 heavy (non-hydrogen) atoms. The molecule has 0 amide bonds. The highest BCUT2D eigenvalue weighted by Crippen LogP contribution is 2.37. The van der Waals surface area contributed by atoms with E-state index in [2.05, 4.69) is 36.6 Å². The van der Waals surface area contributed by atoms with Gasteiger partial charge in [-0.15, -0.1) is 11.3 Å². The van der Waals surface area contributed by atoms with E-state index in [1.54, 1.807) is 6.92 Å². The summed E-state index contributed by atoms with van der Waals surface area (Å²) in [6, 6.07) is 10.3. The number of thiophene rings is 1. The summed E-state index contributed by atoms with van der Waals surface area (Å²) in [6.07, 6.45) is 4.49. The van der Waals surface area contributed by atoms with Gasteiger partial charge in [-0.25, -0.2) is 4.57 Å². The van der Waals surface area contributed by atoms with Crippen LogP contribution in [0.15, 0.2) is 30.3 Å². The molecule has 166 valence electrons. The first-order chi connectivity index (χ1) is 14.0. The maximum absolute atomic E-state index is 12.5. The minimum atomic E-state index is -4.53. The third-order valence-electron chi connectivity index (χ3n) is 5.13. The van der Waals surface area contributed by atoms with Gasteiger partial charge in [0.05, 0.1) is 11.5 Å². The number of carbonyl (C=O) groups excluding carboxylic acids is 1. The number of phosphoric acid groups is 1. The fraction of sp³-hybridized carbons (Fsp3) is 0.500. The van der Waals surface area contributed by atoms with Gasteiger partial charge in [-0.05, 0) is 81.7 Å². The van der Waals surface area contributed by atoms with Crippen LogP contribution in [0.2, 0.25) is 0 Å². The van der Waals surface area contributed by atoms with Gasteiger partial charge < -0.3 is 15.5 Å². The van der Waals surface area contributed by atoms with Crippen molar-refractivity contribution in [2.45, 2.75) is 64.8 Å². The summed E-state index contributed by atoms with van der Waals surface area (Å²) in [6.45, 7) is 5.69. The van der Waals surface area contributed by atoms with Crippen LogP contribution >= 0.6 is 19.2 Å². The highest BCUT2D eigenvalue weighted by Gasteiger charge is 2.24. The Bertz CT molecular complexity index is 903. The lowest BCUT2D eigenvalue weighted by molar-refractivity contribution is 0.0983. The normalized spacial score (nSPS) is 13.9. The minimum absolute atomic E-state index is 0.159. The van der Waals surface area contributed by atoms with Crippen LogP contribution in [0.1, 0.15) is 63.8 Å². The van der Waals surface area contributed by atoms with Gasteiger partial charge in [0, 0.05) is 16.8 Å². The third-order valence-corrected chi connectivity index (χ3v) is 6.78. The van der Waals surface area contributed by atoms with Crippen LogP contribution in [-0.4, -0.2) is 27.7 Å². The number of hydrogen-bond donors (Lipinski definition) is 3. The van der Waals surface area contributed by atoms with Crippen LogP contribution in [0.4, 0.5) is 0 Å². The number of aryl methyl sites for hydroxylation is 4. The molecular formula is C22H32NO5PS. The summed E-state index contributed by atoms with van der Waals surface area (Å²) in [7, 11) is -4.53. The lowest BCUT2D eigenvalue weighted by atomic mass is 9.98. The summed E-state index contributed by atoms with van der Waals surface area (Å²) in [5.74, 6) is 0.159. The molecule has 1 atom stereocenters. The van der Waals surface area contributed by atoms with E-state index in [0.717, 1.165) is 29.0 Å². The van der Waals surface area contributed by atoms with E-state index in [-0.39, 0.29) is 12.4 Å². The van der Waals surface area contributed by atoms with Crippen molar-refractivity contribution in [1.29, 1.82) is 0 Å². The number of hydrogen-bond acceptors (Lipinski definition) is 5. The molecule has 4 N–H and O–H groups in total. The van der Waals surface area contributed by atoms with Crippen molar-refractivity contribution in [3.63, 3.8) is 0 Å². The van der Waals surface area contributed by atoms with Crippen molar-refractivity contribution < 1.29 is 23.7 Å². The van der Waals surface area contributed by atoms with Gasteiger partial charge in [-0.3, -0.25) is 9.32 Å². The van der Waals surface area contributed by atoms with Gasteiger partial charge >= 0.3 is 7.82 Å². The molecule has 0 aliphatic rings. The fourth-order valence-corrected chi connectivity index (χ4v) is 4.51. The number of carbonyl (C=O) groups is 1. The van der Waals surface area contributed by atoms with Crippen molar-refractivity contribution in [1.82, 2.24) is 0 Å². The zero-order chi connectivity index (χ0) is 22.4. The zero-order valence-electron chi connectivity index (χ0n) is 17.9. The van der Waals surface area contributed by atoms with Crippen molar-refractivity contribution >= 4 is 24.9 Å². The number of phosphoric ester groups is 1. The zero-order valence-corrected chi connectivity index (χ0v) is 19.6. The third kappa shape index (κ3) is 8.80. The van der Waals surface area contributed by atoms with Crippen LogP contribution < -0.4 is 5.73 Å². The molecule has 0 aliphatic carbocycles. The first kappa shape index (κ1) is 24.9. The number of rotatable bonds is 12. The average Bonchev–Trinajstić information content (AvgIpc) is 3.14. The molecule has 1 unspecified atom stereocenters. The molecule has 0 radical (unpaired) electrons. The Morgan fingerprint density at radius 3 is 2.53 bits per heavy atom. The van der Waals surface area contributed by atoms with Gasteiger partial charge in [-0.1, -0.05) is 18.2 Å². The minimum Gasteiger partial charge on any atom is -0.323 e. The molecule has 2 rings (SSSR count). The predicted molar refractivity (Wildman–Crippen MR) is 121 cm³/mol. The van der Waals surface area contributed by atoms with Gasteiger partial charge in [0.25, 0.3) is 0 Å². The van der Waals surface area contributed by atoms with Gasteiger partial charge in [-0.2, -0.15) is 0 Å². The molecule has 0 aliphatic heterocycles. The summed E-state index contributed by atoms with van der Waals surface area (Å²) in [5, 5.41) is 0. The van der Waals surface area contributed by atoms with Crippen LogP contribution in [-0.2, 0) is 21.9 Å². The Kier molecular flexibility index (Phi) is 8.98. The molecule has 2 aromatic rings. The largest absolute Gasteiger partial charge is 0.469 e. The van der Waals surface area contributed by atoms with Crippen molar-refractivity contribution in [3.05, 3.63) is 56.8 Å². The standard InChI is InChI=1S/C22H32NO5PS/c1-16-8-9-18(14-17(16)2)6-4-5-7-20(24)21-11-10-19(30-21)12-13-22(3,23)15-28-29(25,26)27/h8-11,14H,4-7,12-13,15,23H2,1-3H3,(H2,25,26,27). The number of Topliss-reactive ketones (excluding diaryl/α,β-unsaturated/α-hetero) is 1. The molecule has 8 heteroatoms. The maximum atomic E-state index is 12.5. The molecular weight excluding hydrogens is 421 g/mol. The molecule has 1 aromatic heterocycles. The van der Waals surface area contributed by atoms with Crippen molar-refractivity contribution in [2.24, 2.45) is 5.73 Å². The van der Waals surface area contributed by atoms with E-state index in [1.165, 1.54) is 28.0 Å². The Morgan fingerprint density at radius 2 is 1.87 bits per heavy atom. The number of ketones is 1. The van der Waals surface area contributed by atoms with E-state index < -0.39 is 13.4 Å². The summed E-state index contributed by atoms with van der Waals surface area (Å²) in [4.78, 5) is 31.9. The molecule has 1 aromatic carbocycles. The average molecular weight is 454 g/mol. The van der Waals surface area contributed by atoms with Crippen LogP contribution in [0.25, 0.3) is 0 Å². The summed E-state index contributed by atoms with van der Waals surface area (Å²) < 4.78 is 15.3. The highest BCUT2D eigenvalue weighted by molar-refractivity contribution is 7.46. The quantitative estimate of drug-likeness (QED) is 0.244. The van der Waals surface area contributed by atoms with E-state index in [4.69, 9.17) is 15.5 Å². The first-order valence-electron chi connectivity index (χ1n) is 10.1. The summed E-state index contributed by atoms with van der Waals surface area (Å²) in [5.41, 5.74) is 9.11. The smallest absolute Gasteiger partial charge is 0.323 e. The maximum Gasteiger partial charge on any atom is 0.469 e.